The first-order valence-electron chi connectivity index (χ1n) is 8.03. The summed E-state index contributed by atoms with van der Waals surface area (Å²) in [6, 6.07) is -0.465. The maximum absolute atomic E-state index is 14.4. The number of aromatic nitrogens is 4. The lowest BCUT2D eigenvalue weighted by Gasteiger charge is -2.26. The molecule has 11 nitrogen and oxygen atoms in total. The Bertz CT molecular complexity index is 875. The lowest BCUT2D eigenvalue weighted by Crippen LogP contribution is -2.87. The van der Waals surface area contributed by atoms with Crippen molar-refractivity contribution in [2.75, 3.05) is 32.9 Å². The number of ether oxygens (including phenoxy) is 1. The number of nitrogens with two attached hydrogens (primary N) is 4. The van der Waals surface area contributed by atoms with Crippen LogP contribution in [0.2, 0.25) is 0 Å². The number of quaternary nitrogens is 1. The largest absolute Gasteiger partial charge is 0.382 e. The highest BCUT2D eigenvalue weighted by Gasteiger charge is 2.42. The van der Waals surface area contributed by atoms with E-state index in [4.69, 9.17) is 26.6 Å². The number of imidazole rings is 1. The number of hydrogen-bond acceptors (Lipinski definition) is 9. The van der Waals surface area contributed by atoms with Crippen LogP contribution in [0.15, 0.2) is 24.6 Å². The van der Waals surface area contributed by atoms with Crippen molar-refractivity contribution in [1.82, 2.24) is 19.5 Å². The first kappa shape index (κ1) is 21.4. The second-order valence-corrected chi connectivity index (χ2v) is 8.71. The molecular formula is C14H25FN8O3P+. The molecular weight excluding hydrogens is 378 g/mol. The Kier molecular flexibility index (Phi) is 6.63. The van der Waals surface area contributed by atoms with Gasteiger partial charge in [0.15, 0.2) is 17.2 Å². The van der Waals surface area contributed by atoms with Crippen LogP contribution in [0.1, 0.15) is 12.5 Å². The molecule has 0 aliphatic heterocycles. The van der Waals surface area contributed by atoms with Crippen molar-refractivity contribution in [2.45, 2.75) is 18.2 Å². The summed E-state index contributed by atoms with van der Waals surface area (Å²) in [4.78, 5) is 12.1. The quantitative estimate of drug-likeness (QED) is 0.221. The molecule has 0 fully saturated rings. The highest BCUT2D eigenvalue weighted by molar-refractivity contribution is 7.57. The Balaban J connectivity index is 0.000000817. The molecule has 2 unspecified atom stereocenters. The van der Waals surface area contributed by atoms with Crippen LogP contribution >= 0.6 is 7.37 Å². The van der Waals surface area contributed by atoms with Crippen molar-refractivity contribution in [3.05, 3.63) is 24.6 Å². The summed E-state index contributed by atoms with van der Waals surface area (Å²) in [5, 5.41) is 0. The van der Waals surface area contributed by atoms with Gasteiger partial charge in [0.2, 0.25) is 7.37 Å². The molecule has 8 N–H and O–H groups in total. The third kappa shape index (κ3) is 4.67. The van der Waals surface area contributed by atoms with Gasteiger partial charge in [-0.15, -0.1) is 0 Å². The molecule has 0 amide bonds. The molecule has 2 aromatic rings. The fourth-order valence-corrected chi connectivity index (χ4v) is 3.05. The van der Waals surface area contributed by atoms with E-state index in [1.165, 1.54) is 37.9 Å². The van der Waals surface area contributed by atoms with E-state index in [1.807, 2.05) is 0 Å². The van der Waals surface area contributed by atoms with Gasteiger partial charge in [-0.2, -0.15) is 5.84 Å². The minimum Gasteiger partial charge on any atom is -0.382 e. The van der Waals surface area contributed by atoms with Gasteiger partial charge < -0.3 is 19.6 Å². The minimum absolute atomic E-state index is 0.0952. The summed E-state index contributed by atoms with van der Waals surface area (Å²) in [6.07, 6.45) is 3.94. The van der Waals surface area contributed by atoms with Crippen LogP contribution in [0.25, 0.3) is 11.2 Å². The number of anilines is 1. The van der Waals surface area contributed by atoms with E-state index in [1.54, 1.807) is 11.6 Å². The van der Waals surface area contributed by atoms with E-state index in [9.17, 15) is 8.96 Å². The summed E-state index contributed by atoms with van der Waals surface area (Å²) in [6.45, 7) is 1.40. The summed E-state index contributed by atoms with van der Waals surface area (Å²) >= 11 is 0. The molecule has 150 valence electrons. The van der Waals surface area contributed by atoms with Gasteiger partial charge in [-0.05, 0) is 6.08 Å². The van der Waals surface area contributed by atoms with Crippen LogP contribution in [-0.4, -0.2) is 52.4 Å². The Hall–Kier alpha value is -1.95. The van der Waals surface area contributed by atoms with E-state index < -0.39 is 25.0 Å². The van der Waals surface area contributed by atoms with Crippen LogP contribution in [0.4, 0.5) is 10.2 Å². The molecule has 2 heterocycles. The van der Waals surface area contributed by atoms with E-state index in [0.29, 0.717) is 11.2 Å². The highest BCUT2D eigenvalue weighted by Crippen LogP contribution is 2.45. The summed E-state index contributed by atoms with van der Waals surface area (Å²) in [5.41, 5.74) is 12.5. The topological polar surface area (TPSA) is 174 Å². The Morgan fingerprint density at radius 2 is 2.15 bits per heavy atom. The fourth-order valence-electron chi connectivity index (χ4n) is 2.48. The average Bonchev–Trinajstić information content (AvgIpc) is 3.17. The molecule has 0 aromatic carbocycles. The zero-order chi connectivity index (χ0) is 20.2. The number of halogens is 1. The highest BCUT2D eigenvalue weighted by atomic mass is 31.2. The Morgan fingerprint density at radius 1 is 1.48 bits per heavy atom. The van der Waals surface area contributed by atoms with Gasteiger partial charge in [0.1, 0.15) is 24.0 Å². The summed E-state index contributed by atoms with van der Waals surface area (Å²) < 4.78 is 38.1. The molecule has 0 saturated carbocycles. The van der Waals surface area contributed by atoms with Crippen molar-refractivity contribution in [3.8, 4) is 0 Å². The molecule has 1 aliphatic rings. The zero-order valence-electron chi connectivity index (χ0n) is 15.4. The van der Waals surface area contributed by atoms with Crippen LogP contribution in [0, 0.1) is 0 Å². The zero-order valence-corrected chi connectivity index (χ0v) is 16.3. The second-order valence-electron chi connectivity index (χ2n) is 6.06. The monoisotopic (exact) mass is 403 g/mol. The lowest BCUT2D eigenvalue weighted by atomic mass is 10.1. The number of hydrogen-bond donors (Lipinski definition) is 4. The van der Waals surface area contributed by atoms with Crippen LogP contribution in [0.5, 0.6) is 0 Å². The van der Waals surface area contributed by atoms with E-state index in [0.717, 1.165) is 0 Å². The predicted molar refractivity (Wildman–Crippen MR) is 98.0 cm³/mol. The minimum atomic E-state index is -2.97. The average molecular weight is 403 g/mol. The van der Waals surface area contributed by atoms with Gasteiger partial charge in [-0.1, -0.05) is 0 Å². The van der Waals surface area contributed by atoms with E-state index in [2.05, 4.69) is 15.0 Å². The molecule has 27 heavy (non-hydrogen) atoms. The number of rotatable bonds is 5. The van der Waals surface area contributed by atoms with Crippen molar-refractivity contribution in [2.24, 2.45) is 11.6 Å². The van der Waals surface area contributed by atoms with Gasteiger partial charge in [0.05, 0.1) is 19.4 Å². The van der Waals surface area contributed by atoms with Crippen molar-refractivity contribution in [3.63, 3.8) is 0 Å². The molecule has 3 rings (SSSR count). The van der Waals surface area contributed by atoms with Gasteiger partial charge in [-0.3, -0.25) is 15.7 Å². The molecule has 13 heteroatoms. The van der Waals surface area contributed by atoms with Gasteiger partial charge >= 0.3 is 0 Å². The molecule has 0 saturated heterocycles. The number of nitrogens with zero attached hydrogens (tertiary/aromatic N) is 4. The summed E-state index contributed by atoms with van der Waals surface area (Å²) in [5.74, 6) is 4.32. The van der Waals surface area contributed by atoms with E-state index in [-0.39, 0.29) is 18.6 Å². The fraction of sp³-hybridized carbons (Fsp3) is 0.500. The Labute approximate surface area is 155 Å². The van der Waals surface area contributed by atoms with Crippen LogP contribution in [-0.2, 0) is 13.8 Å². The maximum atomic E-state index is 14.4. The van der Waals surface area contributed by atoms with Gasteiger partial charge in [0.25, 0.3) is 0 Å². The van der Waals surface area contributed by atoms with E-state index >= 15 is 0 Å². The molecule has 2 aromatic heterocycles. The van der Waals surface area contributed by atoms with Gasteiger partial charge in [0, 0.05) is 20.2 Å². The van der Waals surface area contributed by atoms with Gasteiger partial charge in [-0.25, -0.2) is 19.3 Å². The third-order valence-corrected chi connectivity index (χ3v) is 5.31. The SMILES string of the molecule is COP(C)(=O)CO[C@@]1(N)CC(n2cnc3c(N)ncnc32)C=C1F.C[NH2+]N. The molecule has 0 radical (unpaired) electrons. The molecule has 1 aliphatic carbocycles. The number of allylic oxidation sites excluding steroid dienone is 1. The smallest absolute Gasteiger partial charge is 0.224 e. The van der Waals surface area contributed by atoms with Crippen LogP contribution in [0.3, 0.4) is 0 Å². The van der Waals surface area contributed by atoms with Crippen molar-refractivity contribution in [1.29, 1.82) is 0 Å². The van der Waals surface area contributed by atoms with Crippen molar-refractivity contribution >= 4 is 24.4 Å². The molecule has 3 atom stereocenters. The molecule has 0 spiro atoms. The second kappa shape index (κ2) is 8.38. The predicted octanol–water partition coefficient (Wildman–Crippen LogP) is -0.557. The summed E-state index contributed by atoms with van der Waals surface area (Å²) in [7, 11) is 0.109. The lowest BCUT2D eigenvalue weighted by molar-refractivity contribution is -0.639. The molecule has 0 bridgehead atoms. The number of nitrogen functional groups attached to an aromatic ring is 1. The number of fused-ring (bicyclic) bond motifs is 1. The first-order chi connectivity index (χ1) is 12.7. The first-order valence-corrected chi connectivity index (χ1v) is 10.3. The van der Waals surface area contributed by atoms with Crippen molar-refractivity contribution < 1.29 is 23.6 Å². The third-order valence-electron chi connectivity index (χ3n) is 3.94. The standard InChI is InChI=1S/C13H18FN6O3P.CH6N2/c1-22-24(2,21)7-23-13(16)4-8(3-9(13)14)20-6-19-10-11(15)17-5-18-12(10)20;1-3-2/h3,5-6,8H,4,7,16H2,1-2H3,(H2,15,17,18);3H,2H2,1H3/p+1/t8?,13-,24?;/m0./s1. The maximum Gasteiger partial charge on any atom is 0.224 e. The van der Waals surface area contributed by atoms with Crippen LogP contribution < -0.4 is 22.7 Å². The Morgan fingerprint density at radius 3 is 2.78 bits per heavy atom. The normalized spacial score (nSPS) is 24.2.